The van der Waals surface area contributed by atoms with Crippen LogP contribution in [-0.2, 0) is 4.79 Å². The van der Waals surface area contributed by atoms with E-state index in [-0.39, 0.29) is 22.7 Å². The van der Waals surface area contributed by atoms with Gasteiger partial charge in [0.25, 0.3) is 5.91 Å². The minimum Gasteiger partial charge on any atom is -0.489 e. The highest BCUT2D eigenvalue weighted by Gasteiger charge is 2.37. The van der Waals surface area contributed by atoms with Crippen molar-refractivity contribution in [3.05, 3.63) is 46.4 Å². The highest BCUT2D eigenvalue weighted by molar-refractivity contribution is 6.32. The Hall–Kier alpha value is -1.81. The monoisotopic (exact) mass is 335 g/mol. The highest BCUT2D eigenvalue weighted by atomic mass is 35.5. The Morgan fingerprint density at radius 1 is 1.26 bits per heavy atom. The molecular weight excluding hydrogens is 317 g/mol. The van der Waals surface area contributed by atoms with Gasteiger partial charge in [-0.25, -0.2) is 4.39 Å². The number of carbonyl (C=O) groups is 1. The number of hydrogen-bond donors (Lipinski definition) is 0. The number of nitrogens with zero attached hydrogens (tertiary/aromatic N) is 1. The summed E-state index contributed by atoms with van der Waals surface area (Å²) in [5.41, 5.74) is 2.44. The predicted molar refractivity (Wildman–Crippen MR) is 89.3 cm³/mol. The Labute approximate surface area is 140 Å². The molecular formula is C18H19ClFNO2. The zero-order chi connectivity index (χ0) is 16.7. The van der Waals surface area contributed by atoms with Crippen molar-refractivity contribution in [2.24, 2.45) is 0 Å². The maximum atomic E-state index is 14.5. The fourth-order valence-electron chi connectivity index (χ4n) is 3.14. The van der Waals surface area contributed by atoms with Crippen LogP contribution < -0.4 is 9.64 Å². The first-order valence-electron chi connectivity index (χ1n) is 7.81. The largest absolute Gasteiger partial charge is 0.489 e. The average molecular weight is 336 g/mol. The number of hydrogen-bond acceptors (Lipinski definition) is 2. The van der Waals surface area contributed by atoms with Crippen LogP contribution in [0.3, 0.4) is 0 Å². The molecule has 122 valence electrons. The van der Waals surface area contributed by atoms with E-state index in [2.05, 4.69) is 6.58 Å². The van der Waals surface area contributed by atoms with E-state index in [0.29, 0.717) is 11.4 Å². The molecule has 0 radical (unpaired) electrons. The van der Waals surface area contributed by atoms with Crippen LogP contribution in [0.1, 0.15) is 39.5 Å². The maximum absolute atomic E-state index is 14.5. The van der Waals surface area contributed by atoms with Gasteiger partial charge in [0.15, 0.2) is 0 Å². The van der Waals surface area contributed by atoms with E-state index in [1.165, 1.54) is 17.0 Å². The molecule has 0 N–H and O–H groups in total. The van der Waals surface area contributed by atoms with Crippen molar-refractivity contribution in [1.82, 2.24) is 0 Å². The van der Waals surface area contributed by atoms with Crippen molar-refractivity contribution in [1.29, 1.82) is 0 Å². The zero-order valence-corrected chi connectivity index (χ0v) is 14.0. The summed E-state index contributed by atoms with van der Waals surface area (Å²) in [5, 5.41) is 0.190. The summed E-state index contributed by atoms with van der Waals surface area (Å²) in [5.74, 6) is -0.370. The molecule has 1 aliphatic heterocycles. The molecule has 1 amide bonds. The molecule has 0 aromatic heterocycles. The Morgan fingerprint density at radius 3 is 2.52 bits per heavy atom. The van der Waals surface area contributed by atoms with Gasteiger partial charge in [-0.3, -0.25) is 9.69 Å². The van der Waals surface area contributed by atoms with Gasteiger partial charge in [-0.2, -0.15) is 0 Å². The third kappa shape index (κ3) is 2.76. The van der Waals surface area contributed by atoms with Crippen LogP contribution in [0.4, 0.5) is 10.1 Å². The molecule has 0 saturated heterocycles. The molecule has 0 fully saturated rings. The van der Waals surface area contributed by atoms with Gasteiger partial charge in [-0.05, 0) is 51.2 Å². The molecule has 0 atom stereocenters. The number of amides is 1. The molecule has 23 heavy (non-hydrogen) atoms. The highest BCUT2D eigenvalue weighted by Crippen LogP contribution is 2.43. The lowest BCUT2D eigenvalue weighted by atomic mass is 9.93. The molecule has 0 unspecified atom stereocenters. The number of allylic oxidation sites excluding steroid dienone is 1. The molecule has 5 heteroatoms. The van der Waals surface area contributed by atoms with Crippen molar-refractivity contribution in [3.8, 4) is 5.75 Å². The van der Waals surface area contributed by atoms with Crippen LogP contribution in [0.5, 0.6) is 5.75 Å². The van der Waals surface area contributed by atoms with E-state index in [1.54, 1.807) is 0 Å². The SMILES string of the molecule is C=C1C2=C(CCCC2)C(=O)N1c1cc(OC(C)C)c(Cl)cc1F. The Balaban J connectivity index is 2.02. The van der Waals surface area contributed by atoms with Gasteiger partial charge in [0, 0.05) is 17.3 Å². The van der Waals surface area contributed by atoms with Crippen LogP contribution in [0.2, 0.25) is 5.02 Å². The molecule has 0 bridgehead atoms. The summed E-state index contributed by atoms with van der Waals surface area (Å²) in [6.45, 7) is 7.73. The average Bonchev–Trinajstić information content (AvgIpc) is 2.74. The predicted octanol–water partition coefficient (Wildman–Crippen LogP) is 5.00. The molecule has 2 aliphatic rings. The summed E-state index contributed by atoms with van der Waals surface area (Å²) < 4.78 is 20.1. The van der Waals surface area contributed by atoms with Gasteiger partial charge in [-0.15, -0.1) is 0 Å². The molecule has 1 aliphatic carbocycles. The first kappa shape index (κ1) is 16.1. The van der Waals surface area contributed by atoms with E-state index >= 15 is 0 Å². The number of rotatable bonds is 3. The summed E-state index contributed by atoms with van der Waals surface area (Å²) in [6, 6.07) is 2.67. The van der Waals surface area contributed by atoms with Crippen LogP contribution in [0.25, 0.3) is 0 Å². The fourth-order valence-corrected chi connectivity index (χ4v) is 3.34. The number of ether oxygens (including phenoxy) is 1. The lowest BCUT2D eigenvalue weighted by Crippen LogP contribution is -2.26. The number of halogens is 2. The Kier molecular flexibility index (Phi) is 4.19. The van der Waals surface area contributed by atoms with E-state index in [1.807, 2.05) is 13.8 Å². The first-order chi connectivity index (χ1) is 10.9. The molecule has 0 saturated carbocycles. The summed E-state index contributed by atoms with van der Waals surface area (Å²) in [7, 11) is 0. The quantitative estimate of drug-likeness (QED) is 0.778. The summed E-state index contributed by atoms with van der Waals surface area (Å²) >= 11 is 6.05. The van der Waals surface area contributed by atoms with Crippen molar-refractivity contribution in [2.45, 2.75) is 45.6 Å². The second kappa shape index (κ2) is 6.00. The van der Waals surface area contributed by atoms with Gasteiger partial charge in [0.1, 0.15) is 11.6 Å². The van der Waals surface area contributed by atoms with Crippen LogP contribution in [0.15, 0.2) is 35.6 Å². The normalized spacial score (nSPS) is 18.0. The maximum Gasteiger partial charge on any atom is 0.259 e. The standard InChI is InChI=1S/C18H19ClFNO2/c1-10(2)23-17-9-16(15(20)8-14(17)19)21-11(3)12-6-4-5-7-13(12)18(21)22/h8-10H,3-7H2,1-2H3. The second-order valence-electron chi connectivity index (χ2n) is 6.15. The number of benzene rings is 1. The zero-order valence-electron chi connectivity index (χ0n) is 13.3. The second-order valence-corrected chi connectivity index (χ2v) is 6.56. The minimum atomic E-state index is -0.555. The van der Waals surface area contributed by atoms with E-state index < -0.39 is 5.82 Å². The lowest BCUT2D eigenvalue weighted by Gasteiger charge is -2.21. The van der Waals surface area contributed by atoms with Crippen molar-refractivity contribution in [3.63, 3.8) is 0 Å². The smallest absolute Gasteiger partial charge is 0.259 e. The van der Waals surface area contributed by atoms with Crippen LogP contribution >= 0.6 is 11.6 Å². The third-order valence-corrected chi connectivity index (χ3v) is 4.45. The molecule has 3 nitrogen and oxygen atoms in total. The molecule has 1 aromatic carbocycles. The third-order valence-electron chi connectivity index (χ3n) is 4.15. The van der Waals surface area contributed by atoms with Gasteiger partial charge in [0.2, 0.25) is 0 Å². The topological polar surface area (TPSA) is 29.5 Å². The Morgan fingerprint density at radius 2 is 1.91 bits per heavy atom. The number of anilines is 1. The van der Waals surface area contributed by atoms with Crippen molar-refractivity contribution >= 4 is 23.2 Å². The summed E-state index contributed by atoms with van der Waals surface area (Å²) in [4.78, 5) is 14.0. The van der Waals surface area contributed by atoms with Crippen LogP contribution in [-0.4, -0.2) is 12.0 Å². The van der Waals surface area contributed by atoms with Crippen molar-refractivity contribution in [2.75, 3.05) is 4.90 Å². The molecule has 3 rings (SSSR count). The Bertz CT molecular complexity index is 696. The van der Waals surface area contributed by atoms with E-state index in [0.717, 1.165) is 36.8 Å². The van der Waals surface area contributed by atoms with Gasteiger partial charge >= 0.3 is 0 Å². The number of carbonyl (C=O) groups excluding carboxylic acids is 1. The van der Waals surface area contributed by atoms with Crippen molar-refractivity contribution < 1.29 is 13.9 Å². The van der Waals surface area contributed by atoms with E-state index in [4.69, 9.17) is 16.3 Å². The lowest BCUT2D eigenvalue weighted by molar-refractivity contribution is -0.114. The van der Waals surface area contributed by atoms with E-state index in [9.17, 15) is 9.18 Å². The van der Waals surface area contributed by atoms with Gasteiger partial charge in [-0.1, -0.05) is 18.2 Å². The van der Waals surface area contributed by atoms with Gasteiger partial charge < -0.3 is 4.74 Å². The fraction of sp³-hybridized carbons (Fsp3) is 0.389. The molecule has 1 aromatic rings. The molecule has 1 heterocycles. The van der Waals surface area contributed by atoms with Crippen LogP contribution in [0, 0.1) is 5.82 Å². The summed E-state index contributed by atoms with van der Waals surface area (Å²) in [6.07, 6.45) is 3.46. The first-order valence-corrected chi connectivity index (χ1v) is 8.19. The molecule has 0 spiro atoms. The minimum absolute atomic E-state index is 0.102. The van der Waals surface area contributed by atoms with Gasteiger partial charge in [0.05, 0.1) is 16.8 Å².